The summed E-state index contributed by atoms with van der Waals surface area (Å²) in [5, 5.41) is 0. The highest BCUT2D eigenvalue weighted by atomic mass is 16.7. The molecule has 120 valence electrons. The maximum Gasteiger partial charge on any atom is 0.241 e. The van der Waals surface area contributed by atoms with Crippen molar-refractivity contribution in [3.8, 4) is 0 Å². The Hall–Kier alpha value is -1.98. The van der Waals surface area contributed by atoms with Crippen LogP contribution in [0, 0.1) is 23.2 Å². The van der Waals surface area contributed by atoms with Crippen LogP contribution in [-0.4, -0.2) is 31.8 Å². The van der Waals surface area contributed by atoms with E-state index < -0.39 is 17.6 Å². The molecule has 4 atom stereocenters. The second-order valence-electron chi connectivity index (χ2n) is 6.59. The molecule has 5 heteroatoms. The molecule has 3 aliphatic rings. The number of rotatable bonds is 3. The van der Waals surface area contributed by atoms with Gasteiger partial charge >= 0.3 is 0 Å². The Morgan fingerprint density at radius 3 is 2.30 bits per heavy atom. The summed E-state index contributed by atoms with van der Waals surface area (Å²) in [6, 6.07) is 9.07. The number of ether oxygens (including phenoxy) is 2. The van der Waals surface area contributed by atoms with Crippen LogP contribution in [0.2, 0.25) is 0 Å². The lowest BCUT2D eigenvalue weighted by Gasteiger charge is -2.17. The first-order valence-corrected chi connectivity index (χ1v) is 7.74. The molecule has 1 aromatic carbocycles. The average Bonchev–Trinajstić information content (AvgIpc) is 3.03. The van der Waals surface area contributed by atoms with E-state index in [1.165, 1.54) is 4.90 Å². The molecule has 4 rings (SSSR count). The van der Waals surface area contributed by atoms with Gasteiger partial charge in [-0.05, 0) is 12.1 Å². The third kappa shape index (κ3) is 1.54. The van der Waals surface area contributed by atoms with E-state index in [1.807, 2.05) is 37.3 Å². The zero-order valence-corrected chi connectivity index (χ0v) is 13.4. The predicted molar refractivity (Wildman–Crippen MR) is 83.4 cm³/mol. The molecule has 0 aromatic heterocycles. The number of hydrogen-bond acceptors (Lipinski definition) is 4. The number of fused-ring (bicyclic) bond motifs is 3. The first kappa shape index (κ1) is 14.6. The lowest BCUT2D eigenvalue weighted by molar-refractivity contribution is -0.160. The minimum atomic E-state index is -0.828. The van der Waals surface area contributed by atoms with Crippen LogP contribution in [-0.2, 0) is 19.1 Å². The molecular formula is C18H19NO4. The average molecular weight is 313 g/mol. The molecule has 2 amide bonds. The number of benzene rings is 1. The van der Waals surface area contributed by atoms with Crippen molar-refractivity contribution in [2.45, 2.75) is 12.7 Å². The molecule has 23 heavy (non-hydrogen) atoms. The Kier molecular flexibility index (Phi) is 2.87. The lowest BCUT2D eigenvalue weighted by Crippen LogP contribution is -2.32. The minimum Gasteiger partial charge on any atom is -0.352 e. The fourth-order valence-corrected chi connectivity index (χ4v) is 4.61. The van der Waals surface area contributed by atoms with Crippen molar-refractivity contribution in [1.29, 1.82) is 0 Å². The van der Waals surface area contributed by atoms with Gasteiger partial charge in [0.1, 0.15) is 0 Å². The molecule has 1 aliphatic heterocycles. The minimum absolute atomic E-state index is 0.148. The Labute approximate surface area is 134 Å². The number of nitrogens with zero attached hydrogens (tertiary/aromatic N) is 1. The quantitative estimate of drug-likeness (QED) is 0.486. The number of imide groups is 1. The maximum absolute atomic E-state index is 13.0. The molecule has 2 fully saturated rings. The Bertz CT molecular complexity index is 709. The molecule has 0 spiro atoms. The number of methoxy groups -OCH3 is 2. The van der Waals surface area contributed by atoms with E-state index in [4.69, 9.17) is 9.47 Å². The molecule has 2 aliphatic carbocycles. The van der Waals surface area contributed by atoms with Crippen LogP contribution in [0.15, 0.2) is 42.5 Å². The fourth-order valence-electron chi connectivity index (χ4n) is 4.61. The first-order valence-electron chi connectivity index (χ1n) is 7.74. The summed E-state index contributed by atoms with van der Waals surface area (Å²) < 4.78 is 11.3. The molecule has 5 nitrogen and oxygen atoms in total. The Balaban J connectivity index is 1.76. The topological polar surface area (TPSA) is 55.8 Å². The number of anilines is 1. The highest BCUT2D eigenvalue weighted by Crippen LogP contribution is 2.72. The van der Waals surface area contributed by atoms with Crippen LogP contribution in [0.1, 0.15) is 6.92 Å². The third-order valence-corrected chi connectivity index (χ3v) is 5.75. The summed E-state index contributed by atoms with van der Waals surface area (Å²) in [5.74, 6) is -2.18. The van der Waals surface area contributed by atoms with Crippen molar-refractivity contribution in [3.05, 3.63) is 42.5 Å². The zero-order chi connectivity index (χ0) is 16.4. The first-order chi connectivity index (χ1) is 11.0. The number of carbonyl (C=O) groups is 2. The highest BCUT2D eigenvalue weighted by Gasteiger charge is 2.81. The smallest absolute Gasteiger partial charge is 0.241 e. The van der Waals surface area contributed by atoms with E-state index in [-0.39, 0.29) is 23.1 Å². The maximum atomic E-state index is 13.0. The van der Waals surface area contributed by atoms with Crippen molar-refractivity contribution >= 4 is 17.5 Å². The van der Waals surface area contributed by atoms with Gasteiger partial charge in [-0.15, -0.1) is 0 Å². The summed E-state index contributed by atoms with van der Waals surface area (Å²) >= 11 is 0. The molecule has 0 bridgehead atoms. The number of amides is 2. The fraction of sp³-hybridized carbons (Fsp3) is 0.444. The number of hydrogen-bond donors (Lipinski definition) is 0. The summed E-state index contributed by atoms with van der Waals surface area (Å²) in [5.41, 5.74) is 0.244. The van der Waals surface area contributed by atoms with Gasteiger partial charge in [-0.3, -0.25) is 9.59 Å². The second kappa shape index (κ2) is 4.52. The molecule has 1 saturated carbocycles. The Morgan fingerprint density at radius 1 is 1.04 bits per heavy atom. The van der Waals surface area contributed by atoms with Gasteiger partial charge in [0.15, 0.2) is 5.79 Å². The molecule has 0 radical (unpaired) electrons. The lowest BCUT2D eigenvalue weighted by atomic mass is 9.81. The normalized spacial score (nSPS) is 36.8. The van der Waals surface area contributed by atoms with E-state index in [9.17, 15) is 9.59 Å². The van der Waals surface area contributed by atoms with Crippen molar-refractivity contribution in [3.63, 3.8) is 0 Å². The molecular weight excluding hydrogens is 294 g/mol. The zero-order valence-electron chi connectivity index (χ0n) is 13.4. The Morgan fingerprint density at radius 2 is 1.70 bits per heavy atom. The van der Waals surface area contributed by atoms with Crippen LogP contribution in [0.3, 0.4) is 0 Å². The second-order valence-corrected chi connectivity index (χ2v) is 6.59. The number of para-hydroxylation sites is 1. The highest BCUT2D eigenvalue weighted by molar-refractivity contribution is 6.23. The van der Waals surface area contributed by atoms with Crippen LogP contribution in [0.4, 0.5) is 5.69 Å². The van der Waals surface area contributed by atoms with Crippen LogP contribution >= 0.6 is 0 Å². The van der Waals surface area contributed by atoms with E-state index in [0.717, 1.165) is 0 Å². The van der Waals surface area contributed by atoms with E-state index in [2.05, 4.69) is 0 Å². The van der Waals surface area contributed by atoms with Gasteiger partial charge in [-0.2, -0.15) is 0 Å². The van der Waals surface area contributed by atoms with Gasteiger partial charge in [0.2, 0.25) is 11.8 Å². The van der Waals surface area contributed by atoms with E-state index in [1.54, 1.807) is 26.4 Å². The van der Waals surface area contributed by atoms with Gasteiger partial charge in [0.05, 0.1) is 17.5 Å². The van der Waals surface area contributed by atoms with Gasteiger partial charge < -0.3 is 9.47 Å². The van der Waals surface area contributed by atoms with Crippen LogP contribution < -0.4 is 4.90 Å². The van der Waals surface area contributed by atoms with Gasteiger partial charge in [-0.1, -0.05) is 37.3 Å². The summed E-state index contributed by atoms with van der Waals surface area (Å²) in [6.07, 6.45) is 3.83. The molecule has 4 unspecified atom stereocenters. The summed E-state index contributed by atoms with van der Waals surface area (Å²) in [7, 11) is 3.18. The van der Waals surface area contributed by atoms with Gasteiger partial charge in [0.25, 0.3) is 0 Å². The molecule has 0 N–H and O–H groups in total. The van der Waals surface area contributed by atoms with Gasteiger partial charge in [-0.25, -0.2) is 4.90 Å². The summed E-state index contributed by atoms with van der Waals surface area (Å²) in [4.78, 5) is 27.1. The SMILES string of the molecule is COC1(OC)C2C3C(=O)N(c4ccccc4)C(=O)C3C=CC21C. The monoisotopic (exact) mass is 313 g/mol. The summed E-state index contributed by atoms with van der Waals surface area (Å²) in [6.45, 7) is 2.01. The van der Waals surface area contributed by atoms with Crippen molar-refractivity contribution in [2.24, 2.45) is 23.2 Å². The van der Waals surface area contributed by atoms with E-state index in [0.29, 0.717) is 5.69 Å². The van der Waals surface area contributed by atoms with E-state index >= 15 is 0 Å². The van der Waals surface area contributed by atoms with Gasteiger partial charge in [0, 0.05) is 25.6 Å². The van der Waals surface area contributed by atoms with Crippen LogP contribution in [0.25, 0.3) is 0 Å². The third-order valence-electron chi connectivity index (χ3n) is 5.75. The number of carbonyl (C=O) groups excluding carboxylic acids is 2. The van der Waals surface area contributed by atoms with Crippen molar-refractivity contribution < 1.29 is 19.1 Å². The van der Waals surface area contributed by atoms with Crippen molar-refractivity contribution in [2.75, 3.05) is 19.1 Å². The molecule has 1 heterocycles. The predicted octanol–water partition coefficient (Wildman–Crippen LogP) is 1.99. The van der Waals surface area contributed by atoms with Crippen LogP contribution in [0.5, 0.6) is 0 Å². The molecule has 1 aromatic rings. The standard InChI is InChI=1S/C18H19NO4/c1-17-10-9-12-13(14(17)18(17,22-2)23-3)16(21)19(15(12)20)11-7-5-4-6-8-11/h4-10,12-14H,1-3H3. The largest absolute Gasteiger partial charge is 0.352 e. The van der Waals surface area contributed by atoms with Crippen molar-refractivity contribution in [1.82, 2.24) is 0 Å². The molecule has 1 saturated heterocycles.